The van der Waals surface area contributed by atoms with E-state index in [2.05, 4.69) is 19.1 Å². The molecule has 0 aromatic carbocycles. The second-order valence-electron chi connectivity index (χ2n) is 11.3. The summed E-state index contributed by atoms with van der Waals surface area (Å²) in [6.45, 7) is 3.60. The maximum absolute atomic E-state index is 13.2. The Morgan fingerprint density at radius 2 is 1.72 bits per heavy atom. The molecule has 7 atom stereocenters. The van der Waals surface area contributed by atoms with Crippen molar-refractivity contribution in [3.63, 3.8) is 0 Å². The fraction of sp³-hybridized carbons (Fsp3) is 0.871. The summed E-state index contributed by atoms with van der Waals surface area (Å²) in [6.07, 6.45) is 16.2. The minimum atomic E-state index is -0.757. The predicted octanol–water partition coefficient (Wildman–Crippen LogP) is 5.64. The molecule has 3 unspecified atom stereocenters. The van der Waals surface area contributed by atoms with Crippen molar-refractivity contribution in [3.05, 3.63) is 12.2 Å². The first-order valence-corrected chi connectivity index (χ1v) is 15.5. The molecule has 1 saturated carbocycles. The lowest BCUT2D eigenvalue weighted by molar-refractivity contribution is -0.193. The Balaban J connectivity index is 1.67. The molecule has 2 saturated heterocycles. The Hall–Kier alpha value is -1.32. The second kappa shape index (κ2) is 18.2. The lowest BCUT2D eigenvalue weighted by Gasteiger charge is -2.30. The minimum Gasteiger partial charge on any atom is -0.469 e. The van der Waals surface area contributed by atoms with Gasteiger partial charge in [-0.3, -0.25) is 9.59 Å². The molecule has 8 heteroatoms. The van der Waals surface area contributed by atoms with E-state index in [1.165, 1.54) is 7.11 Å². The van der Waals surface area contributed by atoms with E-state index in [9.17, 15) is 14.7 Å². The van der Waals surface area contributed by atoms with Crippen LogP contribution in [0.25, 0.3) is 0 Å². The highest BCUT2D eigenvalue weighted by Gasteiger charge is 2.46. The van der Waals surface area contributed by atoms with Crippen molar-refractivity contribution < 1.29 is 38.4 Å². The summed E-state index contributed by atoms with van der Waals surface area (Å²) < 4.78 is 29.1. The molecule has 3 fully saturated rings. The van der Waals surface area contributed by atoms with E-state index in [0.29, 0.717) is 25.9 Å². The number of aliphatic hydroxyl groups excluding tert-OH is 1. The van der Waals surface area contributed by atoms with Gasteiger partial charge in [0.2, 0.25) is 0 Å². The van der Waals surface area contributed by atoms with E-state index in [4.69, 9.17) is 23.7 Å². The molecule has 39 heavy (non-hydrogen) atoms. The van der Waals surface area contributed by atoms with Gasteiger partial charge in [0.25, 0.3) is 0 Å². The van der Waals surface area contributed by atoms with Gasteiger partial charge in [0.15, 0.2) is 12.6 Å². The van der Waals surface area contributed by atoms with Gasteiger partial charge < -0.3 is 28.8 Å². The number of Topliss-reactive ketones (excluding diaryl/α,β-unsaturated/α-hetero) is 1. The van der Waals surface area contributed by atoms with Crippen LogP contribution in [0.3, 0.4) is 0 Å². The van der Waals surface area contributed by atoms with Crippen LogP contribution in [0.4, 0.5) is 0 Å². The molecule has 1 N–H and O–H groups in total. The molecule has 0 spiro atoms. The van der Waals surface area contributed by atoms with Crippen LogP contribution in [-0.2, 0) is 33.3 Å². The quantitative estimate of drug-likeness (QED) is 0.141. The first-order valence-electron chi connectivity index (χ1n) is 15.5. The van der Waals surface area contributed by atoms with E-state index in [1.807, 2.05) is 0 Å². The van der Waals surface area contributed by atoms with Crippen molar-refractivity contribution in [2.45, 2.75) is 141 Å². The van der Waals surface area contributed by atoms with Crippen LogP contribution >= 0.6 is 0 Å². The molecule has 0 aromatic rings. The zero-order valence-corrected chi connectivity index (χ0v) is 24.2. The van der Waals surface area contributed by atoms with Crippen molar-refractivity contribution >= 4 is 11.8 Å². The molecule has 0 bridgehead atoms. The monoisotopic (exact) mass is 552 g/mol. The van der Waals surface area contributed by atoms with Crippen LogP contribution in [0.2, 0.25) is 0 Å². The summed E-state index contributed by atoms with van der Waals surface area (Å²) in [7, 11) is 1.39. The van der Waals surface area contributed by atoms with Crippen LogP contribution in [0.1, 0.15) is 110 Å². The molecule has 2 heterocycles. The minimum absolute atomic E-state index is 0.0478. The summed E-state index contributed by atoms with van der Waals surface area (Å²) in [5.41, 5.74) is 0. The van der Waals surface area contributed by atoms with Crippen LogP contribution in [0, 0.1) is 11.8 Å². The van der Waals surface area contributed by atoms with Crippen molar-refractivity contribution in [3.8, 4) is 0 Å². The third-order valence-corrected chi connectivity index (χ3v) is 8.21. The number of unbranched alkanes of at least 4 members (excludes halogenated alkanes) is 4. The molecule has 3 rings (SSSR count). The van der Waals surface area contributed by atoms with Crippen molar-refractivity contribution in [1.82, 2.24) is 0 Å². The zero-order valence-electron chi connectivity index (χ0n) is 24.2. The standard InChI is InChI=1S/C31H52O8/c1-3-4-6-13-23(38-29-16-9-11-20-36-29)18-19-24-27(39-30-17-10-12-21-37-30)22-26(33)31(24)25(32)14-7-5-8-15-28(34)35-2/h18-19,23-25,27,29-32H,3-17,20-22H2,1-2H3/b19-18+/t23-,24-,25?,27+,29?,30?,31-/m0/s1. The number of aliphatic hydroxyl groups is 1. The fourth-order valence-electron chi connectivity index (χ4n) is 5.94. The summed E-state index contributed by atoms with van der Waals surface area (Å²) in [5, 5.41) is 11.2. The molecule has 1 aliphatic carbocycles. The van der Waals surface area contributed by atoms with Gasteiger partial charge in [-0.05, 0) is 57.8 Å². The molecule has 0 aromatic heterocycles. The Labute approximate surface area is 235 Å². The molecule has 224 valence electrons. The van der Waals surface area contributed by atoms with E-state index in [1.54, 1.807) is 0 Å². The first-order chi connectivity index (χ1) is 19.0. The highest BCUT2D eigenvalue weighted by atomic mass is 16.7. The second-order valence-corrected chi connectivity index (χ2v) is 11.3. The summed E-state index contributed by atoms with van der Waals surface area (Å²) in [5.74, 6) is -0.923. The Morgan fingerprint density at radius 3 is 2.38 bits per heavy atom. The number of methoxy groups -OCH3 is 1. The van der Waals surface area contributed by atoms with Crippen molar-refractivity contribution in [1.29, 1.82) is 0 Å². The molecule has 0 amide bonds. The average molecular weight is 553 g/mol. The maximum atomic E-state index is 13.2. The number of hydrogen-bond donors (Lipinski definition) is 1. The van der Waals surface area contributed by atoms with Gasteiger partial charge in [-0.2, -0.15) is 0 Å². The highest BCUT2D eigenvalue weighted by Crippen LogP contribution is 2.38. The van der Waals surface area contributed by atoms with Gasteiger partial charge in [-0.1, -0.05) is 51.2 Å². The van der Waals surface area contributed by atoms with Crippen LogP contribution < -0.4 is 0 Å². The van der Waals surface area contributed by atoms with E-state index < -0.39 is 12.0 Å². The third-order valence-electron chi connectivity index (χ3n) is 8.21. The molecule has 2 aliphatic heterocycles. The fourth-order valence-corrected chi connectivity index (χ4v) is 5.94. The van der Waals surface area contributed by atoms with Gasteiger partial charge in [0, 0.05) is 32.0 Å². The Kier molecular flexibility index (Phi) is 15.0. The summed E-state index contributed by atoms with van der Waals surface area (Å²) in [4.78, 5) is 24.6. The number of esters is 1. The van der Waals surface area contributed by atoms with Crippen molar-refractivity contribution in [2.75, 3.05) is 20.3 Å². The van der Waals surface area contributed by atoms with Crippen LogP contribution in [0.15, 0.2) is 12.2 Å². The number of ether oxygens (including phenoxy) is 5. The molecular weight excluding hydrogens is 500 g/mol. The SMILES string of the molecule is CCCCC[C@@H](/C=C/[C@@H]1[C@@H](C(O)CCCCCC(=O)OC)C(=O)C[C@H]1OC1CCCCO1)OC1CCCCO1. The summed E-state index contributed by atoms with van der Waals surface area (Å²) >= 11 is 0. The maximum Gasteiger partial charge on any atom is 0.305 e. The largest absolute Gasteiger partial charge is 0.469 e. The Morgan fingerprint density at radius 1 is 1.00 bits per heavy atom. The number of ketones is 1. The van der Waals surface area contributed by atoms with Gasteiger partial charge in [0.05, 0.1) is 31.3 Å². The van der Waals surface area contributed by atoms with E-state index >= 15 is 0 Å². The number of carbonyl (C=O) groups is 2. The van der Waals surface area contributed by atoms with Gasteiger partial charge in [-0.25, -0.2) is 0 Å². The number of carbonyl (C=O) groups excluding carboxylic acids is 2. The topological polar surface area (TPSA) is 101 Å². The molecule has 0 radical (unpaired) electrons. The Bertz CT molecular complexity index is 728. The van der Waals surface area contributed by atoms with E-state index in [0.717, 1.165) is 83.7 Å². The predicted molar refractivity (Wildman–Crippen MR) is 148 cm³/mol. The van der Waals surface area contributed by atoms with Crippen LogP contribution in [-0.4, -0.2) is 68.1 Å². The van der Waals surface area contributed by atoms with Gasteiger partial charge in [0.1, 0.15) is 5.78 Å². The normalized spacial score (nSPS) is 29.5. The van der Waals surface area contributed by atoms with Crippen LogP contribution in [0.5, 0.6) is 0 Å². The first kappa shape index (κ1) is 32.2. The van der Waals surface area contributed by atoms with Gasteiger partial charge >= 0.3 is 5.97 Å². The highest BCUT2D eigenvalue weighted by molar-refractivity contribution is 5.85. The number of hydrogen-bond acceptors (Lipinski definition) is 8. The van der Waals surface area contributed by atoms with Crippen molar-refractivity contribution in [2.24, 2.45) is 11.8 Å². The summed E-state index contributed by atoms with van der Waals surface area (Å²) in [6, 6.07) is 0. The third kappa shape index (κ3) is 11.2. The molecular formula is C31H52O8. The molecule has 8 nitrogen and oxygen atoms in total. The smallest absolute Gasteiger partial charge is 0.305 e. The lowest BCUT2D eigenvalue weighted by Crippen LogP contribution is -2.34. The van der Waals surface area contributed by atoms with E-state index in [-0.39, 0.29) is 48.9 Å². The zero-order chi connectivity index (χ0) is 27.9. The lowest BCUT2D eigenvalue weighted by atomic mass is 9.86. The molecule has 3 aliphatic rings. The number of rotatable bonds is 17. The van der Waals surface area contributed by atoms with Gasteiger partial charge in [-0.15, -0.1) is 0 Å². The average Bonchev–Trinajstić information content (AvgIpc) is 3.26.